The van der Waals surface area contributed by atoms with Crippen LogP contribution < -0.4 is 5.32 Å². The Bertz CT molecular complexity index is 657. The van der Waals surface area contributed by atoms with Crippen molar-refractivity contribution in [2.75, 3.05) is 25.5 Å². The second-order valence-corrected chi connectivity index (χ2v) is 6.61. The number of carbonyl (C=O) groups excluding carboxylic acids is 1. The molecule has 2 aromatic heterocycles. The van der Waals surface area contributed by atoms with Crippen molar-refractivity contribution >= 4 is 23.1 Å². The van der Waals surface area contributed by atoms with Gasteiger partial charge in [-0.1, -0.05) is 6.07 Å². The Morgan fingerprint density at radius 1 is 1.46 bits per heavy atom. The van der Waals surface area contributed by atoms with Crippen LogP contribution in [0.4, 0.5) is 5.82 Å². The first-order valence-corrected chi connectivity index (χ1v) is 8.82. The molecule has 0 aliphatic rings. The zero-order valence-corrected chi connectivity index (χ0v) is 15.4. The summed E-state index contributed by atoms with van der Waals surface area (Å²) in [5, 5.41) is 5.78. The van der Waals surface area contributed by atoms with E-state index in [2.05, 4.69) is 15.3 Å². The Labute approximate surface area is 146 Å². The van der Waals surface area contributed by atoms with Crippen molar-refractivity contribution in [1.29, 1.82) is 0 Å². The summed E-state index contributed by atoms with van der Waals surface area (Å²) in [6.45, 7) is 7.50. The number of aryl methyl sites for hydroxylation is 1. The van der Waals surface area contributed by atoms with Gasteiger partial charge in [-0.15, -0.1) is 11.3 Å². The maximum Gasteiger partial charge on any atom is 0.239 e. The molecule has 2 heterocycles. The van der Waals surface area contributed by atoms with Crippen LogP contribution in [0, 0.1) is 6.92 Å². The highest BCUT2D eigenvalue weighted by Gasteiger charge is 2.13. The van der Waals surface area contributed by atoms with Gasteiger partial charge in [-0.05, 0) is 39.4 Å². The third kappa shape index (κ3) is 5.67. The number of hydrogen-bond acceptors (Lipinski definition) is 6. The van der Waals surface area contributed by atoms with E-state index in [0.29, 0.717) is 19.0 Å². The van der Waals surface area contributed by atoms with E-state index in [0.717, 1.165) is 16.3 Å². The van der Waals surface area contributed by atoms with Crippen molar-refractivity contribution in [2.24, 2.45) is 0 Å². The van der Waals surface area contributed by atoms with E-state index in [9.17, 15) is 4.79 Å². The fraction of sp³-hybridized carbons (Fsp3) is 0.471. The molecule has 1 N–H and O–H groups in total. The molecule has 6 nitrogen and oxygen atoms in total. The second kappa shape index (κ2) is 8.86. The predicted octanol–water partition coefficient (Wildman–Crippen LogP) is 3.01. The number of hydrogen-bond donors (Lipinski definition) is 1. The average molecular weight is 348 g/mol. The molecule has 0 bridgehead atoms. The molecule has 0 aliphatic heterocycles. The Morgan fingerprint density at radius 2 is 2.25 bits per heavy atom. The first-order chi connectivity index (χ1) is 11.5. The lowest BCUT2D eigenvalue weighted by atomic mass is 10.3. The number of carbonyl (C=O) groups is 1. The van der Waals surface area contributed by atoms with Gasteiger partial charge in [-0.25, -0.2) is 9.97 Å². The molecule has 0 fully saturated rings. The molecule has 1 amide bonds. The van der Waals surface area contributed by atoms with Crippen molar-refractivity contribution in [3.63, 3.8) is 0 Å². The van der Waals surface area contributed by atoms with Gasteiger partial charge in [0.25, 0.3) is 0 Å². The minimum absolute atomic E-state index is 0.00923. The van der Waals surface area contributed by atoms with E-state index in [1.165, 1.54) is 0 Å². The van der Waals surface area contributed by atoms with Crippen molar-refractivity contribution < 1.29 is 9.53 Å². The highest BCUT2D eigenvalue weighted by Crippen LogP contribution is 2.21. The summed E-state index contributed by atoms with van der Waals surface area (Å²) in [4.78, 5) is 22.7. The number of nitrogens with zero attached hydrogens (tertiary/aromatic N) is 3. The molecule has 7 heteroatoms. The first kappa shape index (κ1) is 18.5. The fourth-order valence-corrected chi connectivity index (χ4v) is 3.02. The van der Waals surface area contributed by atoms with Crippen LogP contribution in [0.3, 0.4) is 0 Å². The van der Waals surface area contributed by atoms with Gasteiger partial charge in [0.15, 0.2) is 0 Å². The third-order valence-corrected chi connectivity index (χ3v) is 4.41. The Balaban J connectivity index is 1.83. The Hall–Kier alpha value is -1.83. The summed E-state index contributed by atoms with van der Waals surface area (Å²) < 4.78 is 5.55. The Morgan fingerprint density at radius 3 is 2.92 bits per heavy atom. The molecule has 0 aromatic carbocycles. The number of thiazole rings is 1. The topological polar surface area (TPSA) is 67.3 Å². The molecule has 24 heavy (non-hydrogen) atoms. The van der Waals surface area contributed by atoms with Crippen LogP contribution >= 0.6 is 11.3 Å². The Kier molecular flexibility index (Phi) is 6.84. The SMILES string of the molecule is CCOC(C)c1nc(CN(C)CC(=O)Nc2ccc(C)cn2)cs1. The zero-order chi connectivity index (χ0) is 17.5. The molecule has 130 valence electrons. The van der Waals surface area contributed by atoms with Crippen molar-refractivity contribution in [3.8, 4) is 0 Å². The monoisotopic (exact) mass is 348 g/mol. The summed E-state index contributed by atoms with van der Waals surface area (Å²) >= 11 is 1.59. The molecule has 0 radical (unpaired) electrons. The molecule has 2 aromatic rings. The van der Waals surface area contributed by atoms with Crippen molar-refractivity contribution in [1.82, 2.24) is 14.9 Å². The predicted molar refractivity (Wildman–Crippen MR) is 96.1 cm³/mol. The van der Waals surface area contributed by atoms with E-state index in [-0.39, 0.29) is 18.6 Å². The molecule has 1 unspecified atom stereocenters. The smallest absolute Gasteiger partial charge is 0.239 e. The molecule has 2 rings (SSSR count). The lowest BCUT2D eigenvalue weighted by molar-refractivity contribution is -0.117. The van der Waals surface area contributed by atoms with Crippen molar-refractivity contribution in [3.05, 3.63) is 40.0 Å². The number of aromatic nitrogens is 2. The number of rotatable bonds is 8. The third-order valence-electron chi connectivity index (χ3n) is 3.36. The maximum absolute atomic E-state index is 12.1. The van der Waals surface area contributed by atoms with Crippen LogP contribution in [0.1, 0.15) is 36.2 Å². The van der Waals surface area contributed by atoms with E-state index in [1.807, 2.05) is 44.2 Å². The van der Waals surface area contributed by atoms with Gasteiger partial charge in [-0.2, -0.15) is 0 Å². The number of nitrogens with one attached hydrogen (secondary N) is 1. The summed E-state index contributed by atoms with van der Waals surface area (Å²) in [5.74, 6) is 0.479. The lowest BCUT2D eigenvalue weighted by Crippen LogP contribution is -2.30. The van der Waals surface area contributed by atoms with Gasteiger partial charge in [-0.3, -0.25) is 9.69 Å². The van der Waals surface area contributed by atoms with Crippen molar-refractivity contribution in [2.45, 2.75) is 33.4 Å². The molecule has 1 atom stereocenters. The highest BCUT2D eigenvalue weighted by molar-refractivity contribution is 7.09. The zero-order valence-electron chi connectivity index (χ0n) is 14.6. The van der Waals surface area contributed by atoms with E-state index in [1.54, 1.807) is 23.6 Å². The molecule has 0 spiro atoms. The van der Waals surface area contributed by atoms with Crippen LogP contribution in [0.25, 0.3) is 0 Å². The minimum atomic E-state index is -0.0907. The number of amides is 1. The fourth-order valence-electron chi connectivity index (χ4n) is 2.20. The summed E-state index contributed by atoms with van der Waals surface area (Å²) in [7, 11) is 1.90. The van der Waals surface area contributed by atoms with Gasteiger partial charge in [0, 0.05) is 24.7 Å². The van der Waals surface area contributed by atoms with Crippen LogP contribution in [0.15, 0.2) is 23.7 Å². The van der Waals surface area contributed by atoms with Gasteiger partial charge in [0.1, 0.15) is 16.9 Å². The van der Waals surface area contributed by atoms with Crippen LogP contribution in [-0.4, -0.2) is 41.0 Å². The number of pyridine rings is 1. The molecular formula is C17H24N4O2S. The standard InChI is InChI=1S/C17H24N4O2S/c1-5-23-13(3)17-19-14(11-24-17)9-21(4)10-16(22)20-15-7-6-12(2)8-18-15/h6-8,11,13H,5,9-10H2,1-4H3,(H,18,20,22). The normalized spacial score (nSPS) is 12.4. The van der Waals surface area contributed by atoms with Gasteiger partial charge >= 0.3 is 0 Å². The molecular weight excluding hydrogens is 324 g/mol. The van der Waals surface area contributed by atoms with E-state index in [4.69, 9.17) is 4.74 Å². The summed E-state index contributed by atoms with van der Waals surface area (Å²) in [6, 6.07) is 3.72. The number of ether oxygens (including phenoxy) is 1. The summed E-state index contributed by atoms with van der Waals surface area (Å²) in [5.41, 5.74) is 2.01. The average Bonchev–Trinajstić information content (AvgIpc) is 2.98. The quantitative estimate of drug-likeness (QED) is 0.794. The molecule has 0 aliphatic carbocycles. The van der Waals surface area contributed by atoms with Gasteiger partial charge in [0.2, 0.25) is 5.91 Å². The largest absolute Gasteiger partial charge is 0.372 e. The molecule has 0 saturated carbocycles. The number of anilines is 1. The summed E-state index contributed by atoms with van der Waals surface area (Å²) in [6.07, 6.45) is 1.74. The van der Waals surface area contributed by atoms with Crippen LogP contribution in [-0.2, 0) is 16.1 Å². The second-order valence-electron chi connectivity index (χ2n) is 5.72. The van der Waals surface area contributed by atoms with Gasteiger partial charge < -0.3 is 10.1 Å². The highest BCUT2D eigenvalue weighted by atomic mass is 32.1. The first-order valence-electron chi connectivity index (χ1n) is 7.95. The lowest BCUT2D eigenvalue weighted by Gasteiger charge is -2.15. The number of likely N-dealkylation sites (N-methyl/N-ethyl adjacent to an activating group) is 1. The van der Waals surface area contributed by atoms with E-state index >= 15 is 0 Å². The molecule has 0 saturated heterocycles. The van der Waals surface area contributed by atoms with Gasteiger partial charge in [0.05, 0.1) is 12.2 Å². The van der Waals surface area contributed by atoms with Crippen LogP contribution in [0.2, 0.25) is 0 Å². The van der Waals surface area contributed by atoms with Crippen LogP contribution in [0.5, 0.6) is 0 Å². The van der Waals surface area contributed by atoms with E-state index < -0.39 is 0 Å². The maximum atomic E-state index is 12.1. The minimum Gasteiger partial charge on any atom is -0.372 e.